The zero-order valence-corrected chi connectivity index (χ0v) is 12.7. The summed E-state index contributed by atoms with van der Waals surface area (Å²) in [4.78, 5) is 2.72. The maximum absolute atomic E-state index is 3.36. The van der Waals surface area contributed by atoms with Crippen molar-refractivity contribution in [2.24, 2.45) is 17.3 Å². The molecule has 1 N–H and O–H groups in total. The quantitative estimate of drug-likeness (QED) is 0.795. The Morgan fingerprint density at radius 2 is 1.94 bits per heavy atom. The Hall–Kier alpha value is -0.0800. The molecule has 0 aromatic rings. The van der Waals surface area contributed by atoms with Crippen molar-refractivity contribution in [3.05, 3.63) is 0 Å². The summed E-state index contributed by atoms with van der Waals surface area (Å²) in [6.07, 6.45) is 2.65. The number of nitrogens with zero attached hydrogens (tertiary/aromatic N) is 1. The zero-order chi connectivity index (χ0) is 13.1. The van der Waals surface area contributed by atoms with Crippen molar-refractivity contribution in [2.75, 3.05) is 26.7 Å². The first kappa shape index (κ1) is 15.0. The molecule has 102 valence electrons. The molecule has 0 aliphatic carbocycles. The molecule has 17 heavy (non-hydrogen) atoms. The summed E-state index contributed by atoms with van der Waals surface area (Å²) in [6.45, 7) is 15.6. The molecule has 0 bridgehead atoms. The molecule has 2 nitrogen and oxygen atoms in total. The molecule has 0 aromatic heterocycles. The van der Waals surface area contributed by atoms with Gasteiger partial charge in [0.25, 0.3) is 0 Å². The number of hydrogen-bond donors (Lipinski definition) is 1. The van der Waals surface area contributed by atoms with E-state index >= 15 is 0 Å². The highest BCUT2D eigenvalue weighted by atomic mass is 15.2. The molecule has 4 unspecified atom stereocenters. The predicted octanol–water partition coefficient (Wildman–Crippen LogP) is 2.99. The molecular formula is C15H32N2. The van der Waals surface area contributed by atoms with Crippen molar-refractivity contribution < 1.29 is 0 Å². The van der Waals surface area contributed by atoms with E-state index in [0.717, 1.165) is 24.4 Å². The molecule has 0 spiro atoms. The van der Waals surface area contributed by atoms with Gasteiger partial charge in [-0.1, -0.05) is 27.7 Å². The van der Waals surface area contributed by atoms with Gasteiger partial charge in [0.2, 0.25) is 0 Å². The standard InChI is InChI=1S/C15H32N2/c1-7-15(5,10-16-6)11-17-9-12(2)8-13(3)14(17)4/h12-14,16H,7-11H2,1-6H3. The van der Waals surface area contributed by atoms with Crippen LogP contribution in [0.1, 0.15) is 47.5 Å². The fourth-order valence-electron chi connectivity index (χ4n) is 3.25. The van der Waals surface area contributed by atoms with Crippen LogP contribution in [0.5, 0.6) is 0 Å². The minimum absolute atomic E-state index is 0.416. The number of likely N-dealkylation sites (tertiary alicyclic amines) is 1. The van der Waals surface area contributed by atoms with Gasteiger partial charge in [-0.15, -0.1) is 0 Å². The van der Waals surface area contributed by atoms with Crippen LogP contribution in [0.2, 0.25) is 0 Å². The zero-order valence-electron chi connectivity index (χ0n) is 12.7. The first-order valence-electron chi connectivity index (χ1n) is 7.30. The van der Waals surface area contributed by atoms with Crippen molar-refractivity contribution in [1.82, 2.24) is 10.2 Å². The molecule has 1 saturated heterocycles. The van der Waals surface area contributed by atoms with Gasteiger partial charge in [0.15, 0.2) is 0 Å². The van der Waals surface area contributed by atoms with E-state index in [9.17, 15) is 0 Å². The van der Waals surface area contributed by atoms with Gasteiger partial charge in [0, 0.05) is 25.7 Å². The summed E-state index contributed by atoms with van der Waals surface area (Å²) in [5.74, 6) is 1.70. The van der Waals surface area contributed by atoms with E-state index in [-0.39, 0.29) is 0 Å². The van der Waals surface area contributed by atoms with Crippen LogP contribution >= 0.6 is 0 Å². The third kappa shape index (κ3) is 3.96. The predicted molar refractivity (Wildman–Crippen MR) is 76.3 cm³/mol. The Morgan fingerprint density at radius 3 is 2.47 bits per heavy atom. The van der Waals surface area contributed by atoms with Gasteiger partial charge < -0.3 is 5.32 Å². The third-order valence-electron chi connectivity index (χ3n) is 4.76. The maximum Gasteiger partial charge on any atom is 0.00930 e. The Balaban J connectivity index is 2.64. The van der Waals surface area contributed by atoms with Crippen LogP contribution < -0.4 is 5.32 Å². The second kappa shape index (κ2) is 6.19. The Kier molecular flexibility index (Phi) is 5.46. The second-order valence-electron chi connectivity index (χ2n) is 6.68. The second-order valence-corrected chi connectivity index (χ2v) is 6.68. The molecule has 0 saturated carbocycles. The molecule has 1 fully saturated rings. The normalized spacial score (nSPS) is 34.6. The number of rotatable bonds is 5. The van der Waals surface area contributed by atoms with Gasteiger partial charge in [-0.25, -0.2) is 0 Å². The van der Waals surface area contributed by atoms with Crippen LogP contribution in [0.3, 0.4) is 0 Å². The average molecular weight is 240 g/mol. The van der Waals surface area contributed by atoms with E-state index in [1.54, 1.807) is 0 Å². The van der Waals surface area contributed by atoms with Crippen LogP contribution in [0.25, 0.3) is 0 Å². The van der Waals surface area contributed by atoms with Crippen LogP contribution in [-0.2, 0) is 0 Å². The Labute approximate surface area is 108 Å². The first-order chi connectivity index (χ1) is 7.91. The van der Waals surface area contributed by atoms with Crippen LogP contribution in [0, 0.1) is 17.3 Å². The highest BCUT2D eigenvalue weighted by Crippen LogP contribution is 2.31. The fourth-order valence-corrected chi connectivity index (χ4v) is 3.25. The first-order valence-corrected chi connectivity index (χ1v) is 7.30. The Bertz CT molecular complexity index is 229. The molecule has 1 aliphatic heterocycles. The largest absolute Gasteiger partial charge is 0.319 e. The minimum Gasteiger partial charge on any atom is -0.319 e. The van der Waals surface area contributed by atoms with E-state index in [4.69, 9.17) is 0 Å². The maximum atomic E-state index is 3.36. The number of nitrogens with one attached hydrogen (secondary N) is 1. The van der Waals surface area contributed by atoms with Gasteiger partial charge in [0.1, 0.15) is 0 Å². The lowest BCUT2D eigenvalue weighted by Gasteiger charge is -2.45. The highest BCUT2D eigenvalue weighted by Gasteiger charge is 2.33. The number of piperidine rings is 1. The summed E-state index contributed by atoms with van der Waals surface area (Å²) in [7, 11) is 2.07. The molecule has 0 amide bonds. The topological polar surface area (TPSA) is 15.3 Å². The molecular weight excluding hydrogens is 208 g/mol. The Morgan fingerprint density at radius 1 is 1.29 bits per heavy atom. The molecule has 2 heteroatoms. The van der Waals surface area contributed by atoms with Gasteiger partial charge in [-0.05, 0) is 44.1 Å². The highest BCUT2D eigenvalue weighted by molar-refractivity contribution is 4.87. The smallest absolute Gasteiger partial charge is 0.00930 e. The minimum atomic E-state index is 0.416. The summed E-state index contributed by atoms with van der Waals surface area (Å²) < 4.78 is 0. The summed E-state index contributed by atoms with van der Waals surface area (Å²) in [5.41, 5.74) is 0.416. The summed E-state index contributed by atoms with van der Waals surface area (Å²) in [5, 5.41) is 3.36. The van der Waals surface area contributed by atoms with Crippen molar-refractivity contribution in [3.8, 4) is 0 Å². The molecule has 0 radical (unpaired) electrons. The molecule has 1 rings (SSSR count). The van der Waals surface area contributed by atoms with Crippen LogP contribution in [0.15, 0.2) is 0 Å². The third-order valence-corrected chi connectivity index (χ3v) is 4.76. The lowest BCUT2D eigenvalue weighted by atomic mass is 9.81. The van der Waals surface area contributed by atoms with Crippen molar-refractivity contribution in [2.45, 2.75) is 53.5 Å². The monoisotopic (exact) mass is 240 g/mol. The van der Waals surface area contributed by atoms with E-state index in [1.165, 1.54) is 25.9 Å². The van der Waals surface area contributed by atoms with Crippen molar-refractivity contribution >= 4 is 0 Å². The fraction of sp³-hybridized carbons (Fsp3) is 1.00. The van der Waals surface area contributed by atoms with Gasteiger partial charge in [-0.3, -0.25) is 4.90 Å². The van der Waals surface area contributed by atoms with Crippen LogP contribution in [-0.4, -0.2) is 37.6 Å². The molecule has 1 heterocycles. The average Bonchev–Trinajstić information content (AvgIpc) is 2.25. The van der Waals surface area contributed by atoms with Crippen molar-refractivity contribution in [1.29, 1.82) is 0 Å². The van der Waals surface area contributed by atoms with Gasteiger partial charge in [-0.2, -0.15) is 0 Å². The van der Waals surface area contributed by atoms with Gasteiger partial charge in [0.05, 0.1) is 0 Å². The van der Waals surface area contributed by atoms with Gasteiger partial charge >= 0.3 is 0 Å². The van der Waals surface area contributed by atoms with E-state index < -0.39 is 0 Å². The van der Waals surface area contributed by atoms with E-state index in [0.29, 0.717) is 5.41 Å². The SMILES string of the molecule is CCC(C)(CNC)CN1CC(C)CC(C)C1C. The molecule has 1 aliphatic rings. The van der Waals surface area contributed by atoms with Crippen molar-refractivity contribution in [3.63, 3.8) is 0 Å². The van der Waals surface area contributed by atoms with E-state index in [1.807, 2.05) is 0 Å². The number of hydrogen-bond acceptors (Lipinski definition) is 2. The lowest BCUT2D eigenvalue weighted by Crippen LogP contribution is -2.51. The summed E-state index contributed by atoms with van der Waals surface area (Å²) >= 11 is 0. The van der Waals surface area contributed by atoms with E-state index in [2.05, 4.69) is 51.9 Å². The lowest BCUT2D eigenvalue weighted by molar-refractivity contribution is 0.0401. The summed E-state index contributed by atoms with van der Waals surface area (Å²) in [6, 6.07) is 0.744. The molecule has 0 aromatic carbocycles. The molecule has 4 atom stereocenters. The van der Waals surface area contributed by atoms with Crippen LogP contribution in [0.4, 0.5) is 0 Å².